The molecule has 16 heavy (non-hydrogen) atoms. The molecule has 0 saturated carbocycles. The van der Waals surface area contributed by atoms with Crippen molar-refractivity contribution >= 4 is 0 Å². The van der Waals surface area contributed by atoms with E-state index in [1.165, 1.54) is 30.5 Å². The first kappa shape index (κ1) is 11.6. The second-order valence-corrected chi connectivity index (χ2v) is 4.87. The Morgan fingerprint density at radius 2 is 1.88 bits per heavy atom. The van der Waals surface area contributed by atoms with Gasteiger partial charge in [-0.25, -0.2) is 0 Å². The van der Waals surface area contributed by atoms with E-state index in [2.05, 4.69) is 26.0 Å². The summed E-state index contributed by atoms with van der Waals surface area (Å²) in [5.74, 6) is 0. The minimum atomic E-state index is -0.230. The second kappa shape index (κ2) is 4.54. The van der Waals surface area contributed by atoms with Gasteiger partial charge in [-0.3, -0.25) is 4.98 Å². The van der Waals surface area contributed by atoms with Crippen molar-refractivity contribution in [3.63, 3.8) is 0 Å². The van der Waals surface area contributed by atoms with Crippen LogP contribution in [0.25, 0.3) is 0 Å². The summed E-state index contributed by atoms with van der Waals surface area (Å²) < 4.78 is 0. The molecule has 0 aliphatic heterocycles. The van der Waals surface area contributed by atoms with Gasteiger partial charge in [-0.05, 0) is 50.2 Å². The van der Waals surface area contributed by atoms with Crippen molar-refractivity contribution in [3.8, 4) is 0 Å². The molecule has 0 fully saturated rings. The molecular weight excluding hydrogens is 196 g/mol. The highest BCUT2D eigenvalue weighted by Gasteiger charge is 2.25. The van der Waals surface area contributed by atoms with Crippen LogP contribution in [0.15, 0.2) is 12.1 Å². The summed E-state index contributed by atoms with van der Waals surface area (Å²) in [6.45, 7) is 4.29. The van der Waals surface area contributed by atoms with Gasteiger partial charge in [-0.1, -0.05) is 19.9 Å². The van der Waals surface area contributed by atoms with Gasteiger partial charge < -0.3 is 5.73 Å². The van der Waals surface area contributed by atoms with Gasteiger partial charge in [0.15, 0.2) is 0 Å². The molecule has 2 nitrogen and oxygen atoms in total. The summed E-state index contributed by atoms with van der Waals surface area (Å²) in [7, 11) is 0. The van der Waals surface area contributed by atoms with Crippen molar-refractivity contribution < 1.29 is 0 Å². The van der Waals surface area contributed by atoms with Gasteiger partial charge in [0.1, 0.15) is 0 Å². The predicted molar refractivity (Wildman–Crippen MR) is 67.3 cm³/mol. The molecule has 1 aromatic rings. The lowest BCUT2D eigenvalue weighted by atomic mass is 9.88. The second-order valence-electron chi connectivity index (χ2n) is 4.87. The highest BCUT2D eigenvalue weighted by molar-refractivity contribution is 5.28. The number of aryl methyl sites for hydroxylation is 2. The summed E-state index contributed by atoms with van der Waals surface area (Å²) >= 11 is 0. The Bertz CT molecular complexity index is 367. The molecule has 2 N–H and O–H groups in total. The standard InChI is InChI=1S/C14H22N2/c1-3-14(15,4-2)13-10-9-11-7-5-6-8-12(11)16-13/h9-10H,3-8,15H2,1-2H3. The molecule has 0 atom stereocenters. The summed E-state index contributed by atoms with van der Waals surface area (Å²) in [5, 5.41) is 0. The first-order valence-corrected chi connectivity index (χ1v) is 6.47. The topological polar surface area (TPSA) is 38.9 Å². The van der Waals surface area contributed by atoms with E-state index in [1.807, 2.05) is 0 Å². The average Bonchev–Trinajstić information content (AvgIpc) is 2.37. The fraction of sp³-hybridized carbons (Fsp3) is 0.643. The van der Waals surface area contributed by atoms with Crippen LogP contribution in [0, 0.1) is 0 Å². The highest BCUT2D eigenvalue weighted by atomic mass is 14.8. The monoisotopic (exact) mass is 218 g/mol. The Hall–Kier alpha value is -0.890. The smallest absolute Gasteiger partial charge is 0.0605 e. The lowest BCUT2D eigenvalue weighted by Crippen LogP contribution is -2.36. The molecule has 0 aromatic carbocycles. The van der Waals surface area contributed by atoms with Gasteiger partial charge >= 0.3 is 0 Å². The molecule has 1 aliphatic rings. The molecule has 0 unspecified atom stereocenters. The zero-order valence-corrected chi connectivity index (χ0v) is 10.4. The van der Waals surface area contributed by atoms with E-state index < -0.39 is 0 Å². The van der Waals surface area contributed by atoms with Crippen LogP contribution in [0.5, 0.6) is 0 Å². The summed E-state index contributed by atoms with van der Waals surface area (Å²) in [5.41, 5.74) is 9.97. The van der Waals surface area contributed by atoms with Crippen LogP contribution in [-0.4, -0.2) is 4.98 Å². The van der Waals surface area contributed by atoms with E-state index in [0.29, 0.717) is 0 Å². The van der Waals surface area contributed by atoms with Gasteiger partial charge in [-0.15, -0.1) is 0 Å². The van der Waals surface area contributed by atoms with Crippen LogP contribution in [-0.2, 0) is 18.4 Å². The van der Waals surface area contributed by atoms with E-state index >= 15 is 0 Å². The average molecular weight is 218 g/mol. The maximum absolute atomic E-state index is 6.39. The first-order valence-electron chi connectivity index (χ1n) is 6.47. The van der Waals surface area contributed by atoms with Gasteiger partial charge in [0, 0.05) is 5.69 Å². The fourth-order valence-corrected chi connectivity index (χ4v) is 2.47. The number of fused-ring (bicyclic) bond motifs is 1. The number of nitrogens with two attached hydrogens (primary N) is 1. The summed E-state index contributed by atoms with van der Waals surface area (Å²) in [4.78, 5) is 4.80. The third kappa shape index (κ3) is 1.99. The van der Waals surface area contributed by atoms with Crippen molar-refractivity contribution in [1.29, 1.82) is 0 Å². The molecule has 0 bridgehead atoms. The minimum Gasteiger partial charge on any atom is -0.320 e. The molecular formula is C14H22N2. The van der Waals surface area contributed by atoms with Gasteiger partial charge in [-0.2, -0.15) is 0 Å². The Labute approximate surface area is 98.3 Å². The largest absolute Gasteiger partial charge is 0.320 e. The van der Waals surface area contributed by atoms with E-state index in [0.717, 1.165) is 25.0 Å². The minimum absolute atomic E-state index is 0.230. The summed E-state index contributed by atoms with van der Waals surface area (Å²) in [6, 6.07) is 4.38. The van der Waals surface area contributed by atoms with Gasteiger partial charge in [0.25, 0.3) is 0 Å². The maximum Gasteiger partial charge on any atom is 0.0605 e. The fourth-order valence-electron chi connectivity index (χ4n) is 2.47. The van der Waals surface area contributed by atoms with Crippen molar-refractivity contribution in [2.24, 2.45) is 5.73 Å². The molecule has 0 amide bonds. The third-order valence-corrected chi connectivity index (χ3v) is 3.95. The van der Waals surface area contributed by atoms with Gasteiger partial charge in [0.05, 0.1) is 11.2 Å². The zero-order chi connectivity index (χ0) is 11.6. The molecule has 2 rings (SSSR count). The molecule has 1 aliphatic carbocycles. The maximum atomic E-state index is 6.39. The molecule has 0 saturated heterocycles. The number of aromatic nitrogens is 1. The summed E-state index contributed by atoms with van der Waals surface area (Å²) in [6.07, 6.45) is 6.82. The van der Waals surface area contributed by atoms with Crippen molar-refractivity contribution in [2.45, 2.75) is 57.9 Å². The molecule has 2 heteroatoms. The Morgan fingerprint density at radius 3 is 2.56 bits per heavy atom. The first-order chi connectivity index (χ1) is 7.69. The molecule has 1 aromatic heterocycles. The molecule has 1 heterocycles. The lowest BCUT2D eigenvalue weighted by Gasteiger charge is -2.27. The molecule has 0 radical (unpaired) electrons. The normalized spacial score (nSPS) is 15.9. The van der Waals surface area contributed by atoms with Crippen molar-refractivity contribution in [1.82, 2.24) is 4.98 Å². The van der Waals surface area contributed by atoms with Crippen LogP contribution in [0.2, 0.25) is 0 Å². The number of hydrogen-bond acceptors (Lipinski definition) is 2. The Morgan fingerprint density at radius 1 is 1.19 bits per heavy atom. The Kier molecular flexibility index (Phi) is 3.29. The molecule has 88 valence electrons. The van der Waals surface area contributed by atoms with E-state index in [4.69, 9.17) is 10.7 Å². The van der Waals surface area contributed by atoms with E-state index in [-0.39, 0.29) is 5.54 Å². The van der Waals surface area contributed by atoms with E-state index in [1.54, 1.807) is 0 Å². The predicted octanol–water partition coefficient (Wildman–Crippen LogP) is 2.93. The zero-order valence-electron chi connectivity index (χ0n) is 10.4. The van der Waals surface area contributed by atoms with Crippen molar-refractivity contribution in [3.05, 3.63) is 29.1 Å². The van der Waals surface area contributed by atoms with Crippen LogP contribution in [0.4, 0.5) is 0 Å². The number of nitrogens with zero attached hydrogens (tertiary/aromatic N) is 1. The third-order valence-electron chi connectivity index (χ3n) is 3.95. The SMILES string of the molecule is CCC(N)(CC)c1ccc2c(n1)CCCC2. The number of hydrogen-bond donors (Lipinski definition) is 1. The quantitative estimate of drug-likeness (QED) is 0.847. The number of pyridine rings is 1. The van der Waals surface area contributed by atoms with Crippen LogP contribution in [0.3, 0.4) is 0 Å². The van der Waals surface area contributed by atoms with Crippen LogP contribution >= 0.6 is 0 Å². The van der Waals surface area contributed by atoms with E-state index in [9.17, 15) is 0 Å². The Balaban J connectivity index is 2.36. The van der Waals surface area contributed by atoms with Gasteiger partial charge in [0.2, 0.25) is 0 Å². The highest BCUT2D eigenvalue weighted by Crippen LogP contribution is 2.27. The van der Waals surface area contributed by atoms with Crippen LogP contribution < -0.4 is 5.73 Å². The van der Waals surface area contributed by atoms with Crippen LogP contribution in [0.1, 0.15) is 56.5 Å². The lowest BCUT2D eigenvalue weighted by molar-refractivity contribution is 0.398. The van der Waals surface area contributed by atoms with Crippen molar-refractivity contribution in [2.75, 3.05) is 0 Å². The molecule has 0 spiro atoms. The number of rotatable bonds is 3.